The summed E-state index contributed by atoms with van der Waals surface area (Å²) in [4.78, 5) is 11.5. The van der Waals surface area contributed by atoms with E-state index in [1.807, 2.05) is 6.92 Å². The van der Waals surface area contributed by atoms with Crippen LogP contribution in [0.5, 0.6) is 0 Å². The standard InChI is InChI=1S/C13H18ClNO3S/c1-2-3-8-15-13(16)10-19(17,18)9-11-4-6-12(14)7-5-11/h4-7H,2-3,8-10H2,1H3,(H,15,16). The molecular formula is C13H18ClNO3S. The van der Waals surface area contributed by atoms with Gasteiger partial charge in [-0.15, -0.1) is 0 Å². The number of amides is 1. The Morgan fingerprint density at radius 2 is 1.89 bits per heavy atom. The Balaban J connectivity index is 2.52. The normalized spacial score (nSPS) is 11.3. The second kappa shape index (κ2) is 7.50. The number of hydrogen-bond donors (Lipinski definition) is 1. The van der Waals surface area contributed by atoms with Crippen molar-refractivity contribution in [1.29, 1.82) is 0 Å². The summed E-state index contributed by atoms with van der Waals surface area (Å²) in [7, 11) is -3.44. The van der Waals surface area contributed by atoms with Gasteiger partial charge in [-0.3, -0.25) is 4.79 Å². The van der Waals surface area contributed by atoms with Crippen LogP contribution in [0.1, 0.15) is 25.3 Å². The average Bonchev–Trinajstić information content (AvgIpc) is 2.31. The molecule has 1 aromatic carbocycles. The van der Waals surface area contributed by atoms with Crippen molar-refractivity contribution in [2.24, 2.45) is 0 Å². The topological polar surface area (TPSA) is 63.2 Å². The fourth-order valence-electron chi connectivity index (χ4n) is 1.54. The van der Waals surface area contributed by atoms with Crippen molar-refractivity contribution >= 4 is 27.3 Å². The van der Waals surface area contributed by atoms with E-state index in [-0.39, 0.29) is 5.75 Å². The third-order valence-electron chi connectivity index (χ3n) is 2.50. The van der Waals surface area contributed by atoms with Crippen molar-refractivity contribution in [2.75, 3.05) is 12.3 Å². The maximum atomic E-state index is 11.8. The van der Waals surface area contributed by atoms with Gasteiger partial charge in [0.1, 0.15) is 5.75 Å². The quantitative estimate of drug-likeness (QED) is 0.785. The Labute approximate surface area is 119 Å². The summed E-state index contributed by atoms with van der Waals surface area (Å²) >= 11 is 5.72. The number of halogens is 1. The summed E-state index contributed by atoms with van der Waals surface area (Å²) < 4.78 is 23.7. The Kier molecular flexibility index (Phi) is 6.31. The lowest BCUT2D eigenvalue weighted by Crippen LogP contribution is -2.31. The van der Waals surface area contributed by atoms with Crippen LogP contribution in [0.4, 0.5) is 0 Å². The van der Waals surface area contributed by atoms with Gasteiger partial charge < -0.3 is 5.32 Å². The average molecular weight is 304 g/mol. The zero-order chi connectivity index (χ0) is 14.3. The second-order valence-electron chi connectivity index (χ2n) is 4.36. The maximum Gasteiger partial charge on any atom is 0.235 e. The molecule has 0 aliphatic rings. The van der Waals surface area contributed by atoms with E-state index < -0.39 is 21.5 Å². The highest BCUT2D eigenvalue weighted by Gasteiger charge is 2.17. The molecule has 0 spiro atoms. The van der Waals surface area contributed by atoms with Gasteiger partial charge >= 0.3 is 0 Å². The van der Waals surface area contributed by atoms with E-state index in [0.717, 1.165) is 12.8 Å². The first kappa shape index (κ1) is 16.0. The van der Waals surface area contributed by atoms with E-state index in [1.165, 1.54) is 0 Å². The van der Waals surface area contributed by atoms with Gasteiger partial charge in [-0.2, -0.15) is 0 Å². The lowest BCUT2D eigenvalue weighted by molar-refractivity contribution is -0.118. The molecule has 1 rings (SSSR count). The van der Waals surface area contributed by atoms with Crippen molar-refractivity contribution in [3.8, 4) is 0 Å². The molecule has 0 bridgehead atoms. The minimum Gasteiger partial charge on any atom is -0.355 e. The van der Waals surface area contributed by atoms with E-state index in [0.29, 0.717) is 17.1 Å². The second-order valence-corrected chi connectivity index (χ2v) is 6.86. The van der Waals surface area contributed by atoms with Crippen molar-refractivity contribution < 1.29 is 13.2 Å². The number of sulfone groups is 1. The predicted octanol–water partition coefficient (Wildman–Crippen LogP) is 2.17. The molecule has 0 aromatic heterocycles. The molecule has 0 aliphatic heterocycles. The van der Waals surface area contributed by atoms with Crippen LogP contribution in [0.2, 0.25) is 5.02 Å². The molecule has 1 aromatic rings. The van der Waals surface area contributed by atoms with Crippen LogP contribution < -0.4 is 5.32 Å². The first-order valence-corrected chi connectivity index (χ1v) is 8.34. The fraction of sp³-hybridized carbons (Fsp3) is 0.462. The summed E-state index contributed by atoms with van der Waals surface area (Å²) in [5.41, 5.74) is 0.630. The smallest absolute Gasteiger partial charge is 0.235 e. The van der Waals surface area contributed by atoms with Gasteiger partial charge in [-0.25, -0.2) is 8.42 Å². The summed E-state index contributed by atoms with van der Waals surface area (Å²) in [5.74, 6) is -1.06. The number of carbonyl (C=O) groups excluding carboxylic acids is 1. The SMILES string of the molecule is CCCCNC(=O)CS(=O)(=O)Cc1ccc(Cl)cc1. The summed E-state index contributed by atoms with van der Waals surface area (Å²) in [5, 5.41) is 3.15. The number of benzene rings is 1. The molecule has 1 N–H and O–H groups in total. The van der Waals surface area contributed by atoms with E-state index in [1.54, 1.807) is 24.3 Å². The molecule has 0 atom stereocenters. The van der Waals surface area contributed by atoms with Crippen molar-refractivity contribution in [3.05, 3.63) is 34.9 Å². The fourth-order valence-corrected chi connectivity index (χ4v) is 2.97. The minimum atomic E-state index is -3.44. The van der Waals surface area contributed by atoms with Crippen LogP contribution in [-0.4, -0.2) is 26.6 Å². The van der Waals surface area contributed by atoms with Crippen LogP contribution in [0, 0.1) is 0 Å². The van der Waals surface area contributed by atoms with Crippen molar-refractivity contribution in [3.63, 3.8) is 0 Å². The minimum absolute atomic E-state index is 0.147. The molecule has 0 radical (unpaired) electrons. The number of carbonyl (C=O) groups is 1. The molecule has 0 fully saturated rings. The highest BCUT2D eigenvalue weighted by molar-refractivity contribution is 7.91. The zero-order valence-electron chi connectivity index (χ0n) is 10.9. The first-order valence-electron chi connectivity index (χ1n) is 6.14. The third-order valence-corrected chi connectivity index (χ3v) is 4.23. The third kappa shape index (κ3) is 6.59. The molecule has 6 heteroatoms. The highest BCUT2D eigenvalue weighted by atomic mass is 35.5. The molecule has 1 amide bonds. The van der Waals surface area contributed by atoms with Gasteiger partial charge in [0.25, 0.3) is 0 Å². The van der Waals surface area contributed by atoms with Crippen LogP contribution in [0.25, 0.3) is 0 Å². The van der Waals surface area contributed by atoms with Crippen molar-refractivity contribution in [1.82, 2.24) is 5.32 Å². The Bertz CT molecular complexity index is 511. The molecule has 0 saturated carbocycles. The van der Waals surface area contributed by atoms with Crippen LogP contribution in [-0.2, 0) is 20.4 Å². The lowest BCUT2D eigenvalue weighted by atomic mass is 10.2. The van der Waals surface area contributed by atoms with E-state index in [4.69, 9.17) is 11.6 Å². The molecule has 0 heterocycles. The van der Waals surface area contributed by atoms with Gasteiger partial charge in [-0.05, 0) is 24.1 Å². The highest BCUT2D eigenvalue weighted by Crippen LogP contribution is 2.12. The van der Waals surface area contributed by atoms with E-state index >= 15 is 0 Å². The number of hydrogen-bond acceptors (Lipinski definition) is 3. The summed E-state index contributed by atoms with van der Waals surface area (Å²) in [6.45, 7) is 2.52. The van der Waals surface area contributed by atoms with E-state index in [9.17, 15) is 13.2 Å². The molecule has 4 nitrogen and oxygen atoms in total. The molecule has 0 aliphatic carbocycles. The van der Waals surface area contributed by atoms with Gasteiger partial charge in [0.2, 0.25) is 5.91 Å². The van der Waals surface area contributed by atoms with Crippen molar-refractivity contribution in [2.45, 2.75) is 25.5 Å². The maximum absolute atomic E-state index is 11.8. The molecule has 0 unspecified atom stereocenters. The van der Waals surface area contributed by atoms with Gasteiger partial charge in [0, 0.05) is 11.6 Å². The largest absolute Gasteiger partial charge is 0.355 e. The molecule has 0 saturated heterocycles. The molecule has 19 heavy (non-hydrogen) atoms. The molecule has 106 valence electrons. The Hall–Kier alpha value is -1.07. The van der Waals surface area contributed by atoms with Gasteiger partial charge in [0.15, 0.2) is 9.84 Å². The number of unbranched alkanes of at least 4 members (excludes halogenated alkanes) is 1. The van der Waals surface area contributed by atoms with Crippen LogP contribution in [0.3, 0.4) is 0 Å². The van der Waals surface area contributed by atoms with E-state index in [2.05, 4.69) is 5.32 Å². The Morgan fingerprint density at radius 3 is 2.47 bits per heavy atom. The summed E-state index contributed by atoms with van der Waals surface area (Å²) in [6, 6.07) is 6.56. The number of rotatable bonds is 7. The Morgan fingerprint density at radius 1 is 1.26 bits per heavy atom. The van der Waals surface area contributed by atoms with Gasteiger partial charge in [-0.1, -0.05) is 37.1 Å². The summed E-state index contributed by atoms with van der Waals surface area (Å²) in [6.07, 6.45) is 1.81. The number of nitrogens with one attached hydrogen (secondary N) is 1. The van der Waals surface area contributed by atoms with Gasteiger partial charge in [0.05, 0.1) is 5.75 Å². The predicted molar refractivity (Wildman–Crippen MR) is 76.9 cm³/mol. The van der Waals surface area contributed by atoms with Crippen LogP contribution in [0.15, 0.2) is 24.3 Å². The lowest BCUT2D eigenvalue weighted by Gasteiger charge is -2.06. The van der Waals surface area contributed by atoms with Crippen LogP contribution >= 0.6 is 11.6 Å². The monoisotopic (exact) mass is 303 g/mol. The molecular weight excluding hydrogens is 286 g/mol. The zero-order valence-corrected chi connectivity index (χ0v) is 12.4. The first-order chi connectivity index (χ1) is 8.93.